The van der Waals surface area contributed by atoms with Crippen molar-refractivity contribution >= 4 is 18.4 Å². The third-order valence-corrected chi connectivity index (χ3v) is 3.46. The number of nitrogens with one attached hydrogen (secondary N) is 1. The molecular weight excluding hydrogens is 358 g/mol. The number of rotatable bonds is 11. The summed E-state index contributed by atoms with van der Waals surface area (Å²) < 4.78 is 10.5. The summed E-state index contributed by atoms with van der Waals surface area (Å²) in [5, 5.41) is 21.6. The Balaban J connectivity index is 0.00000338. The van der Waals surface area contributed by atoms with Crippen LogP contribution >= 0.6 is 12.4 Å². The first-order valence-corrected chi connectivity index (χ1v) is 8.17. The molecule has 0 saturated carbocycles. The van der Waals surface area contributed by atoms with E-state index in [1.165, 1.54) is 0 Å². The highest BCUT2D eigenvalue weighted by atomic mass is 35.5. The topological polar surface area (TPSA) is 88.0 Å². The van der Waals surface area contributed by atoms with Crippen LogP contribution in [0.1, 0.15) is 12.0 Å². The van der Waals surface area contributed by atoms with Crippen LogP contribution < -0.4 is 14.8 Å². The molecule has 7 heteroatoms. The number of carboxylic acids is 1. The maximum absolute atomic E-state index is 10.4. The van der Waals surface area contributed by atoms with Gasteiger partial charge in [0.15, 0.2) is 12.9 Å². The second kappa shape index (κ2) is 12.1. The zero-order valence-electron chi connectivity index (χ0n) is 14.3. The van der Waals surface area contributed by atoms with Crippen molar-refractivity contribution in [2.45, 2.75) is 19.1 Å². The Hall–Kier alpha value is -2.28. The number of carboxylic acid groups (broad SMARTS) is 1. The number of aliphatic hydroxyl groups excluding tert-OH is 1. The van der Waals surface area contributed by atoms with Crippen molar-refractivity contribution < 1.29 is 24.5 Å². The molecule has 3 N–H and O–H groups in total. The fourth-order valence-electron chi connectivity index (χ4n) is 2.20. The van der Waals surface area contributed by atoms with Crippen LogP contribution in [-0.2, 0) is 11.2 Å². The van der Waals surface area contributed by atoms with Crippen LogP contribution in [0.25, 0.3) is 0 Å². The lowest BCUT2D eigenvalue weighted by molar-refractivity contribution is -0.139. The van der Waals surface area contributed by atoms with E-state index in [0.29, 0.717) is 24.5 Å². The zero-order chi connectivity index (χ0) is 17.9. The van der Waals surface area contributed by atoms with Gasteiger partial charge in [-0.05, 0) is 42.8 Å². The Morgan fingerprint density at radius 1 is 1.00 bits per heavy atom. The largest absolute Gasteiger partial charge is 0.482 e. The number of aliphatic carboxylic acids is 1. The molecule has 2 aromatic rings. The van der Waals surface area contributed by atoms with Gasteiger partial charge >= 0.3 is 5.97 Å². The van der Waals surface area contributed by atoms with Gasteiger partial charge in [-0.3, -0.25) is 0 Å². The molecule has 0 aromatic heterocycles. The molecule has 6 nitrogen and oxygen atoms in total. The monoisotopic (exact) mass is 381 g/mol. The second-order valence-electron chi connectivity index (χ2n) is 5.50. The summed E-state index contributed by atoms with van der Waals surface area (Å²) in [5.74, 6) is 0.201. The molecular formula is C19H24ClNO5. The van der Waals surface area contributed by atoms with Gasteiger partial charge in [0.2, 0.25) is 0 Å². The van der Waals surface area contributed by atoms with Crippen LogP contribution in [0.3, 0.4) is 0 Å². The number of hydrogen-bond donors (Lipinski definition) is 3. The molecule has 0 bridgehead atoms. The summed E-state index contributed by atoms with van der Waals surface area (Å²) in [4.78, 5) is 10.4. The highest BCUT2D eigenvalue weighted by Crippen LogP contribution is 2.13. The second-order valence-corrected chi connectivity index (χ2v) is 5.50. The molecule has 0 aliphatic carbocycles. The lowest BCUT2D eigenvalue weighted by atomic mass is 10.1. The Labute approximate surface area is 159 Å². The molecule has 0 heterocycles. The third-order valence-electron chi connectivity index (χ3n) is 3.46. The van der Waals surface area contributed by atoms with E-state index < -0.39 is 12.3 Å². The fraction of sp³-hybridized carbons (Fsp3) is 0.316. The lowest BCUT2D eigenvalue weighted by Gasteiger charge is -2.13. The molecule has 0 aliphatic heterocycles. The van der Waals surface area contributed by atoms with Crippen LogP contribution in [0, 0.1) is 0 Å². The van der Waals surface area contributed by atoms with Crippen LogP contribution in [-0.4, -0.2) is 42.2 Å². The van der Waals surface area contributed by atoms with Gasteiger partial charge in [0.25, 0.3) is 0 Å². The van der Waals surface area contributed by atoms with Crippen molar-refractivity contribution in [3.63, 3.8) is 0 Å². The van der Waals surface area contributed by atoms with E-state index in [1.54, 1.807) is 24.3 Å². The van der Waals surface area contributed by atoms with E-state index in [0.717, 1.165) is 18.5 Å². The molecule has 0 fully saturated rings. The summed E-state index contributed by atoms with van der Waals surface area (Å²) >= 11 is 0. The Morgan fingerprint density at radius 2 is 1.69 bits per heavy atom. The minimum absolute atomic E-state index is 0. The van der Waals surface area contributed by atoms with Crippen molar-refractivity contribution in [1.82, 2.24) is 5.32 Å². The van der Waals surface area contributed by atoms with Gasteiger partial charge < -0.3 is 25.0 Å². The van der Waals surface area contributed by atoms with Crippen molar-refractivity contribution in [2.75, 3.05) is 19.7 Å². The highest BCUT2D eigenvalue weighted by molar-refractivity contribution is 5.85. The van der Waals surface area contributed by atoms with Gasteiger partial charge in [-0.25, -0.2) is 4.79 Å². The Bertz CT molecular complexity index is 636. The zero-order valence-corrected chi connectivity index (χ0v) is 15.2. The van der Waals surface area contributed by atoms with E-state index in [4.69, 9.17) is 14.6 Å². The predicted octanol–water partition coefficient (Wildman–Crippen LogP) is 2.49. The minimum Gasteiger partial charge on any atom is -0.482 e. The summed E-state index contributed by atoms with van der Waals surface area (Å²) in [5.41, 5.74) is 1.12. The Kier molecular flexibility index (Phi) is 10.2. The third kappa shape index (κ3) is 8.71. The SMILES string of the molecule is Cl.O=C(O)COc1ccc(CCNCCC(O)Oc2ccccc2)cc1. The number of para-hydroxylation sites is 1. The van der Waals surface area contributed by atoms with Crippen LogP contribution in [0.5, 0.6) is 11.5 Å². The molecule has 0 saturated heterocycles. The van der Waals surface area contributed by atoms with E-state index in [9.17, 15) is 9.90 Å². The summed E-state index contributed by atoms with van der Waals surface area (Å²) in [6.45, 7) is 1.08. The number of halogens is 1. The molecule has 0 amide bonds. The van der Waals surface area contributed by atoms with Crippen molar-refractivity contribution in [1.29, 1.82) is 0 Å². The predicted molar refractivity (Wildman–Crippen MR) is 101 cm³/mol. The molecule has 1 atom stereocenters. The number of hydrogen-bond acceptors (Lipinski definition) is 5. The van der Waals surface area contributed by atoms with Gasteiger partial charge in [0.1, 0.15) is 11.5 Å². The smallest absolute Gasteiger partial charge is 0.341 e. The van der Waals surface area contributed by atoms with E-state index in [1.807, 2.05) is 30.3 Å². The quantitative estimate of drug-likeness (QED) is 0.409. The number of aliphatic hydroxyl groups is 1. The normalized spacial score (nSPS) is 11.3. The van der Waals surface area contributed by atoms with Crippen LogP contribution in [0.4, 0.5) is 0 Å². The molecule has 1 unspecified atom stereocenters. The molecule has 2 aromatic carbocycles. The van der Waals surface area contributed by atoms with Crippen molar-refractivity contribution in [3.05, 3.63) is 60.2 Å². The van der Waals surface area contributed by atoms with Crippen LogP contribution in [0.15, 0.2) is 54.6 Å². The molecule has 26 heavy (non-hydrogen) atoms. The first-order valence-electron chi connectivity index (χ1n) is 8.17. The molecule has 142 valence electrons. The highest BCUT2D eigenvalue weighted by Gasteiger charge is 2.05. The maximum atomic E-state index is 10.4. The average molecular weight is 382 g/mol. The van der Waals surface area contributed by atoms with Gasteiger partial charge in [0, 0.05) is 13.0 Å². The van der Waals surface area contributed by atoms with E-state index >= 15 is 0 Å². The maximum Gasteiger partial charge on any atom is 0.341 e. The molecule has 0 spiro atoms. The first-order chi connectivity index (χ1) is 12.1. The summed E-state index contributed by atoms with van der Waals surface area (Å²) in [6, 6.07) is 16.6. The number of benzene rings is 2. The molecule has 2 rings (SSSR count). The first kappa shape index (κ1) is 21.8. The summed E-state index contributed by atoms with van der Waals surface area (Å²) in [7, 11) is 0. The number of carbonyl (C=O) groups is 1. The van der Waals surface area contributed by atoms with E-state index in [-0.39, 0.29) is 19.0 Å². The van der Waals surface area contributed by atoms with Gasteiger partial charge in [0.05, 0.1) is 0 Å². The van der Waals surface area contributed by atoms with Gasteiger partial charge in [-0.15, -0.1) is 12.4 Å². The van der Waals surface area contributed by atoms with Gasteiger partial charge in [-0.1, -0.05) is 30.3 Å². The fourth-order valence-corrected chi connectivity index (χ4v) is 2.20. The Morgan fingerprint density at radius 3 is 2.35 bits per heavy atom. The summed E-state index contributed by atoms with van der Waals surface area (Å²) in [6.07, 6.45) is 0.492. The van der Waals surface area contributed by atoms with Crippen LogP contribution in [0.2, 0.25) is 0 Å². The van der Waals surface area contributed by atoms with Gasteiger partial charge in [-0.2, -0.15) is 0 Å². The average Bonchev–Trinajstić information content (AvgIpc) is 2.61. The molecule has 0 aliphatic rings. The lowest BCUT2D eigenvalue weighted by Crippen LogP contribution is -2.25. The molecule has 0 radical (unpaired) electrons. The van der Waals surface area contributed by atoms with Crippen molar-refractivity contribution in [3.8, 4) is 11.5 Å². The van der Waals surface area contributed by atoms with E-state index in [2.05, 4.69) is 5.32 Å². The van der Waals surface area contributed by atoms with Crippen molar-refractivity contribution in [2.24, 2.45) is 0 Å². The standard InChI is InChI=1S/C19H23NO5.ClH/c21-18(22)14-24-16-8-6-15(7-9-16)10-12-20-13-11-19(23)25-17-4-2-1-3-5-17;/h1-9,19-20,23H,10-14H2,(H,21,22);1H. The number of ether oxygens (including phenoxy) is 2. The minimum atomic E-state index is -0.994.